The van der Waals surface area contributed by atoms with Crippen LogP contribution in [0.25, 0.3) is 0 Å². The number of aryl methyl sites for hydroxylation is 1. The third-order valence-corrected chi connectivity index (χ3v) is 6.52. The van der Waals surface area contributed by atoms with Crippen LogP contribution in [0.4, 0.5) is 0 Å². The zero-order chi connectivity index (χ0) is 14.0. The Kier molecular flexibility index (Phi) is 4.71. The van der Waals surface area contributed by atoms with Crippen LogP contribution in [0, 0.1) is 5.92 Å². The smallest absolute Gasteiger partial charge is 0.150 e. The third-order valence-electron chi connectivity index (χ3n) is 3.72. The van der Waals surface area contributed by atoms with Crippen molar-refractivity contribution in [3.8, 4) is 0 Å². The molecule has 1 aliphatic rings. The quantitative estimate of drug-likeness (QED) is 0.840. The monoisotopic (exact) mass is 348 g/mol. The van der Waals surface area contributed by atoms with E-state index in [1.54, 1.807) is 0 Å². The van der Waals surface area contributed by atoms with Gasteiger partial charge in [0.1, 0.15) is 0 Å². The number of rotatable bonds is 4. The van der Waals surface area contributed by atoms with Crippen LogP contribution in [-0.4, -0.2) is 29.7 Å². The zero-order valence-corrected chi connectivity index (χ0v) is 13.9. The minimum absolute atomic E-state index is 0.209. The van der Waals surface area contributed by atoms with Gasteiger partial charge in [0, 0.05) is 6.54 Å². The summed E-state index contributed by atoms with van der Waals surface area (Å²) in [5.74, 6) is 0.878. The third kappa shape index (κ3) is 3.40. The van der Waals surface area contributed by atoms with Gasteiger partial charge < -0.3 is 0 Å². The van der Waals surface area contributed by atoms with E-state index in [2.05, 4.69) is 34.9 Å². The normalized spacial score (nSPS) is 22.6. The molecule has 2 rings (SSSR count). The summed E-state index contributed by atoms with van der Waals surface area (Å²) in [4.78, 5) is 0. The van der Waals surface area contributed by atoms with Gasteiger partial charge in [0.2, 0.25) is 0 Å². The molecule has 0 bridgehead atoms. The largest absolute Gasteiger partial charge is 0.268 e. The Hall–Kier alpha value is -0.360. The van der Waals surface area contributed by atoms with Crippen molar-refractivity contribution in [2.75, 3.05) is 11.5 Å². The van der Waals surface area contributed by atoms with Gasteiger partial charge in [0.05, 0.1) is 27.4 Å². The van der Waals surface area contributed by atoms with E-state index in [4.69, 9.17) is 0 Å². The van der Waals surface area contributed by atoms with E-state index >= 15 is 0 Å². The van der Waals surface area contributed by atoms with Crippen molar-refractivity contribution >= 4 is 25.8 Å². The van der Waals surface area contributed by atoms with Crippen LogP contribution in [0.1, 0.15) is 38.1 Å². The lowest BCUT2D eigenvalue weighted by molar-refractivity contribution is 0.398. The average molecular weight is 349 g/mol. The molecule has 1 aromatic rings. The first kappa shape index (κ1) is 15.0. The van der Waals surface area contributed by atoms with Crippen LogP contribution in [0.15, 0.2) is 4.47 Å². The second-order valence-electron chi connectivity index (χ2n) is 5.22. The maximum atomic E-state index is 11.7. The lowest BCUT2D eigenvalue weighted by atomic mass is 10.1. The molecule has 6 heteroatoms. The fourth-order valence-electron chi connectivity index (χ4n) is 2.75. The van der Waals surface area contributed by atoms with Crippen molar-refractivity contribution in [1.82, 2.24) is 9.78 Å². The maximum absolute atomic E-state index is 11.7. The summed E-state index contributed by atoms with van der Waals surface area (Å²) in [6, 6.07) is 0. The minimum atomic E-state index is -2.83. The van der Waals surface area contributed by atoms with Gasteiger partial charge in [0.15, 0.2) is 9.84 Å². The molecule has 4 nitrogen and oxygen atoms in total. The van der Waals surface area contributed by atoms with Crippen molar-refractivity contribution in [1.29, 1.82) is 0 Å². The van der Waals surface area contributed by atoms with E-state index in [1.165, 1.54) is 5.69 Å². The molecule has 1 aromatic heterocycles. The molecule has 1 aliphatic heterocycles. The van der Waals surface area contributed by atoms with Crippen molar-refractivity contribution in [3.63, 3.8) is 0 Å². The first-order valence-corrected chi connectivity index (χ1v) is 9.52. The number of hydrogen-bond acceptors (Lipinski definition) is 3. The Balaban J connectivity index is 2.19. The Morgan fingerprint density at radius 1 is 1.37 bits per heavy atom. The summed E-state index contributed by atoms with van der Waals surface area (Å²) >= 11 is 3.61. The molecule has 1 saturated heterocycles. The topological polar surface area (TPSA) is 52.0 Å². The van der Waals surface area contributed by atoms with Crippen LogP contribution in [0.2, 0.25) is 0 Å². The van der Waals surface area contributed by atoms with E-state index in [9.17, 15) is 8.42 Å². The summed E-state index contributed by atoms with van der Waals surface area (Å²) in [5.41, 5.74) is 2.25. The Morgan fingerprint density at radius 3 is 2.68 bits per heavy atom. The predicted molar refractivity (Wildman–Crippen MR) is 80.1 cm³/mol. The van der Waals surface area contributed by atoms with Gasteiger partial charge in [0.25, 0.3) is 0 Å². The highest BCUT2D eigenvalue weighted by molar-refractivity contribution is 9.10. The summed E-state index contributed by atoms with van der Waals surface area (Å²) in [6.45, 7) is 4.91. The molecule has 0 amide bonds. The van der Waals surface area contributed by atoms with E-state index in [0.29, 0.717) is 11.5 Å². The highest BCUT2D eigenvalue weighted by atomic mass is 79.9. The van der Waals surface area contributed by atoms with E-state index in [-0.39, 0.29) is 5.92 Å². The standard InChI is InChI=1S/C13H21BrN2O2S/c1-3-11-13(14)12(4-2)16(15-11)8-10-6-5-7-19(17,18)9-10/h10H,3-9H2,1-2H3. The lowest BCUT2D eigenvalue weighted by Gasteiger charge is -2.22. The number of aromatic nitrogens is 2. The second kappa shape index (κ2) is 5.95. The molecule has 1 fully saturated rings. The van der Waals surface area contributed by atoms with Crippen molar-refractivity contribution < 1.29 is 8.42 Å². The second-order valence-corrected chi connectivity index (χ2v) is 8.24. The first-order valence-electron chi connectivity index (χ1n) is 6.91. The van der Waals surface area contributed by atoms with E-state index < -0.39 is 9.84 Å². The molecule has 1 unspecified atom stereocenters. The zero-order valence-electron chi connectivity index (χ0n) is 11.5. The summed E-state index contributed by atoms with van der Waals surface area (Å²) in [6.07, 6.45) is 3.58. The van der Waals surface area contributed by atoms with Crippen LogP contribution in [0.3, 0.4) is 0 Å². The fourth-order valence-corrected chi connectivity index (χ4v) is 5.36. The highest BCUT2D eigenvalue weighted by Crippen LogP contribution is 2.26. The molecule has 108 valence electrons. The number of nitrogens with zero attached hydrogens (tertiary/aromatic N) is 2. The number of hydrogen-bond donors (Lipinski definition) is 0. The Bertz CT molecular complexity index is 551. The Morgan fingerprint density at radius 2 is 2.11 bits per heavy atom. The van der Waals surface area contributed by atoms with Gasteiger partial charge in [-0.15, -0.1) is 0 Å². The molecule has 0 aromatic carbocycles. The molecular formula is C13H21BrN2O2S. The molecule has 0 radical (unpaired) electrons. The van der Waals surface area contributed by atoms with Crippen molar-refractivity contribution in [2.24, 2.45) is 5.92 Å². The van der Waals surface area contributed by atoms with Crippen LogP contribution in [0.5, 0.6) is 0 Å². The minimum Gasteiger partial charge on any atom is -0.268 e. The molecule has 19 heavy (non-hydrogen) atoms. The first-order chi connectivity index (χ1) is 8.96. The van der Waals surface area contributed by atoms with Gasteiger partial charge in [-0.05, 0) is 47.5 Å². The molecule has 1 atom stereocenters. The van der Waals surface area contributed by atoms with E-state index in [1.807, 2.05) is 4.68 Å². The lowest BCUT2D eigenvalue weighted by Crippen LogP contribution is -2.28. The van der Waals surface area contributed by atoms with Crippen LogP contribution in [-0.2, 0) is 29.2 Å². The Labute approximate surface area is 123 Å². The molecule has 0 N–H and O–H groups in total. The van der Waals surface area contributed by atoms with Gasteiger partial charge in [-0.3, -0.25) is 4.68 Å². The molecule has 2 heterocycles. The van der Waals surface area contributed by atoms with Gasteiger partial charge in [-0.25, -0.2) is 8.42 Å². The van der Waals surface area contributed by atoms with Gasteiger partial charge in [-0.2, -0.15) is 5.10 Å². The van der Waals surface area contributed by atoms with Crippen molar-refractivity contribution in [3.05, 3.63) is 15.9 Å². The van der Waals surface area contributed by atoms with Gasteiger partial charge in [-0.1, -0.05) is 13.8 Å². The average Bonchev–Trinajstić information content (AvgIpc) is 2.63. The summed E-state index contributed by atoms with van der Waals surface area (Å²) in [7, 11) is -2.83. The van der Waals surface area contributed by atoms with E-state index in [0.717, 1.165) is 42.4 Å². The molecule has 0 spiro atoms. The summed E-state index contributed by atoms with van der Waals surface area (Å²) in [5, 5.41) is 4.62. The van der Waals surface area contributed by atoms with Crippen molar-refractivity contribution in [2.45, 2.75) is 46.1 Å². The summed E-state index contributed by atoms with van der Waals surface area (Å²) < 4.78 is 26.5. The molecular weight excluding hydrogens is 328 g/mol. The SMILES string of the molecule is CCc1nn(CC2CCCS(=O)(=O)C2)c(CC)c1Br. The number of sulfone groups is 1. The number of halogens is 1. The predicted octanol–water partition coefficient (Wildman–Crippen LogP) is 2.60. The van der Waals surface area contributed by atoms with Gasteiger partial charge >= 0.3 is 0 Å². The van der Waals surface area contributed by atoms with Crippen LogP contribution >= 0.6 is 15.9 Å². The van der Waals surface area contributed by atoms with Crippen LogP contribution < -0.4 is 0 Å². The fraction of sp³-hybridized carbons (Fsp3) is 0.769. The molecule has 0 aliphatic carbocycles. The highest BCUT2D eigenvalue weighted by Gasteiger charge is 2.26. The maximum Gasteiger partial charge on any atom is 0.150 e. The molecule has 0 saturated carbocycles.